The van der Waals surface area contributed by atoms with Gasteiger partial charge in [0.15, 0.2) is 6.04 Å². The molecule has 8 heteroatoms. The minimum absolute atomic E-state index is 0.295. The summed E-state index contributed by atoms with van der Waals surface area (Å²) in [4.78, 5) is 36.6. The molecule has 2 heterocycles. The number of amides is 2. The van der Waals surface area contributed by atoms with Crippen LogP contribution in [-0.4, -0.2) is 57.0 Å². The summed E-state index contributed by atoms with van der Waals surface area (Å²) < 4.78 is 0. The molecule has 2 aliphatic heterocycles. The molecule has 2 rings (SSSR count). The number of carboxylic acid groups (broad SMARTS) is 1. The van der Waals surface area contributed by atoms with E-state index in [-0.39, 0.29) is 5.91 Å². The Balaban J connectivity index is 2.41. The third-order valence-corrected chi connectivity index (χ3v) is 4.47. The molecule has 0 saturated carbocycles. The standard InChI is InChI=1S/C12H18N2O4S2/c15-9(16)8-2-1-5-13-10(17)12(3-6-19,4-7-20)11(18)14(8)13/h8,19-20H,1-7H2,(H,15,16). The van der Waals surface area contributed by atoms with Gasteiger partial charge in [-0.15, -0.1) is 0 Å². The van der Waals surface area contributed by atoms with Gasteiger partial charge in [-0.05, 0) is 37.2 Å². The summed E-state index contributed by atoms with van der Waals surface area (Å²) in [5, 5.41) is 11.7. The SMILES string of the molecule is O=C(O)C1CCCN2C(=O)C(CCS)(CCS)C(=O)N12. The zero-order chi connectivity index (χ0) is 14.9. The Morgan fingerprint density at radius 3 is 2.35 bits per heavy atom. The zero-order valence-electron chi connectivity index (χ0n) is 11.0. The predicted octanol–water partition coefficient (Wildman–Crippen LogP) is 0.445. The smallest absolute Gasteiger partial charge is 0.328 e. The Morgan fingerprint density at radius 1 is 1.25 bits per heavy atom. The molecule has 2 saturated heterocycles. The van der Waals surface area contributed by atoms with Crippen molar-refractivity contribution >= 4 is 43.0 Å². The van der Waals surface area contributed by atoms with Crippen molar-refractivity contribution in [2.45, 2.75) is 31.7 Å². The molecule has 0 bridgehead atoms. The Bertz CT molecular complexity index is 437. The topological polar surface area (TPSA) is 77.9 Å². The molecule has 20 heavy (non-hydrogen) atoms. The minimum Gasteiger partial charge on any atom is -0.480 e. The summed E-state index contributed by atoms with van der Waals surface area (Å²) in [5.41, 5.74) is -1.18. The van der Waals surface area contributed by atoms with Gasteiger partial charge in [-0.25, -0.2) is 14.8 Å². The summed E-state index contributed by atoms with van der Waals surface area (Å²) in [5.74, 6) is -0.979. The first-order chi connectivity index (χ1) is 9.49. The van der Waals surface area contributed by atoms with E-state index in [9.17, 15) is 19.5 Å². The molecule has 112 valence electrons. The first kappa shape index (κ1) is 15.5. The highest BCUT2D eigenvalue weighted by Gasteiger charge is 2.60. The molecule has 2 fully saturated rings. The quantitative estimate of drug-likeness (QED) is 0.508. The van der Waals surface area contributed by atoms with Crippen LogP contribution in [0.4, 0.5) is 0 Å². The molecule has 0 radical (unpaired) electrons. The highest BCUT2D eigenvalue weighted by atomic mass is 32.1. The van der Waals surface area contributed by atoms with Crippen molar-refractivity contribution in [1.29, 1.82) is 0 Å². The Morgan fingerprint density at radius 2 is 1.85 bits per heavy atom. The van der Waals surface area contributed by atoms with Crippen molar-refractivity contribution in [2.24, 2.45) is 5.41 Å². The monoisotopic (exact) mass is 318 g/mol. The molecule has 0 aliphatic carbocycles. The zero-order valence-corrected chi connectivity index (χ0v) is 12.8. The minimum atomic E-state index is -1.18. The lowest BCUT2D eigenvalue weighted by Crippen LogP contribution is -2.54. The van der Waals surface area contributed by atoms with Gasteiger partial charge in [0.05, 0.1) is 0 Å². The number of fused-ring (bicyclic) bond motifs is 1. The van der Waals surface area contributed by atoms with Crippen molar-refractivity contribution < 1.29 is 19.5 Å². The van der Waals surface area contributed by atoms with E-state index in [1.54, 1.807) is 0 Å². The number of aliphatic carboxylic acids is 1. The lowest BCUT2D eigenvalue weighted by atomic mass is 9.81. The molecule has 0 spiro atoms. The average molecular weight is 318 g/mol. The largest absolute Gasteiger partial charge is 0.480 e. The van der Waals surface area contributed by atoms with Crippen molar-refractivity contribution in [2.75, 3.05) is 18.1 Å². The summed E-state index contributed by atoms with van der Waals surface area (Å²) in [6, 6.07) is -0.943. The van der Waals surface area contributed by atoms with Gasteiger partial charge in [-0.3, -0.25) is 9.59 Å². The van der Waals surface area contributed by atoms with E-state index < -0.39 is 23.3 Å². The molecular weight excluding hydrogens is 300 g/mol. The fourth-order valence-corrected chi connectivity index (χ4v) is 3.77. The Labute approximate surface area is 128 Å². The Hall–Kier alpha value is -0.890. The molecule has 1 N–H and O–H groups in total. The van der Waals surface area contributed by atoms with Crippen LogP contribution >= 0.6 is 25.3 Å². The number of carbonyl (C=O) groups excluding carboxylic acids is 2. The van der Waals surface area contributed by atoms with Gasteiger partial charge in [-0.2, -0.15) is 25.3 Å². The second kappa shape index (κ2) is 5.85. The van der Waals surface area contributed by atoms with Crippen LogP contribution in [0.25, 0.3) is 0 Å². The van der Waals surface area contributed by atoms with Crippen molar-refractivity contribution in [3.05, 3.63) is 0 Å². The van der Waals surface area contributed by atoms with E-state index >= 15 is 0 Å². The molecular formula is C12H18N2O4S2. The first-order valence-electron chi connectivity index (χ1n) is 6.59. The molecule has 0 aromatic rings. The van der Waals surface area contributed by atoms with Crippen LogP contribution in [0, 0.1) is 5.41 Å². The average Bonchev–Trinajstić information content (AvgIpc) is 2.63. The number of nitrogens with zero attached hydrogens (tertiary/aromatic N) is 2. The molecule has 2 amide bonds. The number of carboxylic acids is 1. The second-order valence-electron chi connectivity index (χ2n) is 5.10. The molecule has 6 nitrogen and oxygen atoms in total. The number of hydrazine groups is 1. The number of hydrogen-bond acceptors (Lipinski definition) is 5. The van der Waals surface area contributed by atoms with Gasteiger partial charge in [-0.1, -0.05) is 0 Å². The summed E-state index contributed by atoms with van der Waals surface area (Å²) in [7, 11) is 0. The lowest BCUT2D eigenvalue weighted by Gasteiger charge is -2.36. The van der Waals surface area contributed by atoms with E-state index in [1.165, 1.54) is 5.01 Å². The first-order valence-corrected chi connectivity index (χ1v) is 7.86. The fraction of sp³-hybridized carbons (Fsp3) is 0.750. The highest BCUT2D eigenvalue weighted by Crippen LogP contribution is 2.42. The third kappa shape index (κ3) is 2.18. The van der Waals surface area contributed by atoms with Gasteiger partial charge in [0.25, 0.3) is 11.8 Å². The van der Waals surface area contributed by atoms with Gasteiger partial charge < -0.3 is 5.11 Å². The van der Waals surface area contributed by atoms with Crippen molar-refractivity contribution in [3.63, 3.8) is 0 Å². The number of thiol groups is 2. The van der Waals surface area contributed by atoms with E-state index in [0.717, 1.165) is 5.01 Å². The maximum Gasteiger partial charge on any atom is 0.328 e. The maximum absolute atomic E-state index is 12.7. The molecule has 2 aliphatic rings. The molecule has 0 aromatic heterocycles. The maximum atomic E-state index is 12.7. The normalized spacial score (nSPS) is 25.0. The van der Waals surface area contributed by atoms with E-state index in [2.05, 4.69) is 25.3 Å². The van der Waals surface area contributed by atoms with Crippen LogP contribution < -0.4 is 0 Å². The number of hydrogen-bond donors (Lipinski definition) is 3. The van der Waals surface area contributed by atoms with E-state index in [0.29, 0.717) is 43.7 Å². The van der Waals surface area contributed by atoms with Gasteiger partial charge in [0.2, 0.25) is 0 Å². The van der Waals surface area contributed by atoms with Crippen LogP contribution in [0.15, 0.2) is 0 Å². The summed E-state index contributed by atoms with van der Waals surface area (Å²) >= 11 is 8.27. The summed E-state index contributed by atoms with van der Waals surface area (Å²) in [6.45, 7) is 0.398. The van der Waals surface area contributed by atoms with Crippen molar-refractivity contribution in [1.82, 2.24) is 10.0 Å². The van der Waals surface area contributed by atoms with E-state index in [4.69, 9.17) is 0 Å². The van der Waals surface area contributed by atoms with Gasteiger partial charge in [0.1, 0.15) is 5.41 Å². The van der Waals surface area contributed by atoms with Crippen LogP contribution in [-0.2, 0) is 14.4 Å². The summed E-state index contributed by atoms with van der Waals surface area (Å²) in [6.07, 6.45) is 1.59. The second-order valence-corrected chi connectivity index (χ2v) is 6.00. The molecule has 0 aromatic carbocycles. The Kier molecular flexibility index (Phi) is 4.53. The molecule has 1 atom stereocenters. The highest BCUT2D eigenvalue weighted by molar-refractivity contribution is 7.80. The van der Waals surface area contributed by atoms with E-state index in [1.807, 2.05) is 0 Å². The van der Waals surface area contributed by atoms with Crippen LogP contribution in [0.1, 0.15) is 25.7 Å². The number of carbonyl (C=O) groups is 3. The fourth-order valence-electron chi connectivity index (χ4n) is 3.00. The van der Waals surface area contributed by atoms with Gasteiger partial charge >= 0.3 is 5.97 Å². The molecule has 1 unspecified atom stereocenters. The van der Waals surface area contributed by atoms with Crippen molar-refractivity contribution in [3.8, 4) is 0 Å². The third-order valence-electron chi connectivity index (χ3n) is 4.03. The van der Waals surface area contributed by atoms with Crippen LogP contribution in [0.5, 0.6) is 0 Å². The van der Waals surface area contributed by atoms with Crippen LogP contribution in [0.2, 0.25) is 0 Å². The van der Waals surface area contributed by atoms with Crippen LogP contribution in [0.3, 0.4) is 0 Å². The number of rotatable bonds is 5. The predicted molar refractivity (Wildman–Crippen MR) is 78.6 cm³/mol. The van der Waals surface area contributed by atoms with Gasteiger partial charge in [0, 0.05) is 6.54 Å². The lowest BCUT2D eigenvalue weighted by molar-refractivity contribution is -0.169.